The number of benzene rings is 3. The predicted molar refractivity (Wildman–Crippen MR) is 238 cm³/mol. The molecule has 4 aliphatic rings. The molecule has 0 saturated heterocycles. The molecule has 0 bridgehead atoms. The molecule has 62 heavy (non-hydrogen) atoms. The summed E-state index contributed by atoms with van der Waals surface area (Å²) in [4.78, 5) is 36.5. The molecule has 0 aliphatic carbocycles. The standard InChI is InChI=1S/C44H26B2N10S4.2Pt/c1-53-13-9-47-39(53)23-5-7-31-27(17-23)45-29-19-25(41-49-11-15-55(41)3)21-51-43(29)59-37-33(45)35(57-31)36-34-38(37)60-44-30(20-26(22-52-44)42-50-12-16-56(42)4)46(34)28-18-24(6-8-32(28)58-36)40-48-10-14-54(40)2;;/h5-16,21-22H,1-4H3;;/q-4;2*+2. The number of imidazole rings is 4. The smallest absolute Gasteiger partial charge is 0.373 e. The van der Waals surface area contributed by atoms with Crippen LogP contribution in [0.1, 0.15) is 0 Å². The molecule has 0 atom stereocenters. The number of hydrogen-bond donors (Lipinski definition) is 0. The Hall–Kier alpha value is -4.29. The van der Waals surface area contributed by atoms with Crippen LogP contribution in [-0.2, 0) is 70.3 Å². The Morgan fingerprint density at radius 3 is 1.11 bits per heavy atom. The number of rotatable bonds is 4. The maximum atomic E-state index is 5.21. The van der Waals surface area contributed by atoms with Crippen LogP contribution >= 0.6 is 47.0 Å². The monoisotopic (exact) mass is 1230 g/mol. The zero-order valence-corrected chi connectivity index (χ0v) is 40.8. The molecule has 10 nitrogen and oxygen atoms in total. The fourth-order valence-corrected chi connectivity index (χ4v) is 14.1. The fourth-order valence-electron chi connectivity index (χ4n) is 8.90. The number of hydrogen-bond acceptors (Lipinski definition) is 10. The van der Waals surface area contributed by atoms with Gasteiger partial charge in [-0.25, -0.2) is 0 Å². The summed E-state index contributed by atoms with van der Waals surface area (Å²) in [5.74, 6) is 3.40. The van der Waals surface area contributed by atoms with Gasteiger partial charge in [-0.2, -0.15) is 0 Å². The van der Waals surface area contributed by atoms with Gasteiger partial charge < -0.3 is 28.2 Å². The zero-order chi connectivity index (χ0) is 40.0. The number of pyridine rings is 2. The van der Waals surface area contributed by atoms with Crippen molar-refractivity contribution in [2.24, 2.45) is 28.2 Å². The van der Waals surface area contributed by atoms with E-state index in [2.05, 4.69) is 48.5 Å². The minimum Gasteiger partial charge on any atom is -0.373 e. The van der Waals surface area contributed by atoms with E-state index >= 15 is 0 Å². The largest absolute Gasteiger partial charge is 2.00 e. The first-order chi connectivity index (χ1) is 29.4. The summed E-state index contributed by atoms with van der Waals surface area (Å²) in [6.45, 7) is -0.357. The Balaban J connectivity index is 0.00000216. The van der Waals surface area contributed by atoms with E-state index in [1.165, 1.54) is 30.5 Å². The van der Waals surface area contributed by atoms with E-state index < -0.39 is 0 Å². The number of aromatic nitrogens is 10. The topological polar surface area (TPSA) is 97.1 Å². The molecule has 13 rings (SSSR count). The van der Waals surface area contributed by atoms with Crippen LogP contribution < -0.4 is 32.8 Å². The minimum atomic E-state index is -0.179. The van der Waals surface area contributed by atoms with Crippen LogP contribution in [0, 0.1) is 24.3 Å². The molecule has 4 aliphatic heterocycles. The van der Waals surface area contributed by atoms with Gasteiger partial charge in [-0.1, -0.05) is 33.3 Å². The summed E-state index contributed by atoms with van der Waals surface area (Å²) in [5, 5.41) is 1.86. The quantitative estimate of drug-likeness (QED) is 0.189. The molecule has 0 fully saturated rings. The average Bonchev–Trinajstić information content (AvgIpc) is 4.10. The third-order valence-corrected chi connectivity index (χ3v) is 16.6. The van der Waals surface area contributed by atoms with Crippen LogP contribution in [0.4, 0.5) is 0 Å². The first kappa shape index (κ1) is 40.5. The van der Waals surface area contributed by atoms with Crippen molar-refractivity contribution in [2.75, 3.05) is 0 Å². The molecule has 0 spiro atoms. The second-order valence-corrected chi connectivity index (χ2v) is 19.3. The summed E-state index contributed by atoms with van der Waals surface area (Å²) in [5.41, 5.74) is 10.5. The van der Waals surface area contributed by atoms with Crippen molar-refractivity contribution in [2.45, 2.75) is 39.4 Å². The zero-order valence-electron chi connectivity index (χ0n) is 33.0. The van der Waals surface area contributed by atoms with Crippen molar-refractivity contribution < 1.29 is 42.1 Å². The van der Waals surface area contributed by atoms with E-state index in [0.29, 0.717) is 0 Å². The van der Waals surface area contributed by atoms with Gasteiger partial charge >= 0.3 is 42.1 Å². The molecule has 6 aromatic heterocycles. The van der Waals surface area contributed by atoms with Crippen molar-refractivity contribution in [1.82, 2.24) is 48.2 Å². The first-order valence-electron chi connectivity index (χ1n) is 19.2. The van der Waals surface area contributed by atoms with Crippen LogP contribution in [0.15, 0.2) is 126 Å². The van der Waals surface area contributed by atoms with Gasteiger partial charge in [0.1, 0.15) is 0 Å². The number of fused-ring (bicyclic) bond motifs is 10. The molecule has 18 heteroatoms. The second kappa shape index (κ2) is 15.2. The van der Waals surface area contributed by atoms with E-state index in [-0.39, 0.29) is 55.6 Å². The van der Waals surface area contributed by atoms with Crippen molar-refractivity contribution in [1.29, 1.82) is 0 Å². The van der Waals surface area contributed by atoms with E-state index in [1.54, 1.807) is 23.5 Å². The van der Waals surface area contributed by atoms with Crippen molar-refractivity contribution in [3.63, 3.8) is 0 Å². The van der Waals surface area contributed by atoms with Crippen LogP contribution in [0.25, 0.3) is 45.6 Å². The minimum absolute atomic E-state index is 0. The second-order valence-electron chi connectivity index (χ2n) is 15.2. The SMILES string of the molecule is Cn1ccnc1-c1[c-]c2c(cc1)Sc1c3c4c(c5c1B2c1[c-]c(-c2nccn2C)cnc1S5)Sc1ncc(-c2nccn2C)[c-]c1B4c1[c-]c(-c2nccn2C)ccc1S3.[Pt+2].[Pt+2]. The Kier molecular flexibility index (Phi) is 9.90. The first-order valence-corrected chi connectivity index (χ1v) is 22.5. The summed E-state index contributed by atoms with van der Waals surface area (Å²) in [6, 6.07) is 24.3. The van der Waals surface area contributed by atoms with Crippen molar-refractivity contribution in [3.05, 3.63) is 110 Å². The van der Waals surface area contributed by atoms with E-state index in [9.17, 15) is 0 Å². The number of nitrogens with zero attached hydrogens (tertiary/aromatic N) is 10. The maximum Gasteiger partial charge on any atom is 2.00 e. The van der Waals surface area contributed by atoms with Crippen molar-refractivity contribution in [3.8, 4) is 45.6 Å². The summed E-state index contributed by atoms with van der Waals surface area (Å²) in [7, 11) is 8.08. The van der Waals surface area contributed by atoms with Gasteiger partial charge in [0, 0.05) is 107 Å². The molecule has 0 saturated carbocycles. The van der Waals surface area contributed by atoms with Gasteiger partial charge in [-0.15, -0.1) is 129 Å². The molecule has 0 N–H and O–H groups in total. The summed E-state index contributed by atoms with van der Waals surface area (Å²) in [6.07, 6.45) is 19.0. The molecule has 0 radical (unpaired) electrons. The average molecular weight is 1230 g/mol. The Morgan fingerprint density at radius 1 is 0.419 bits per heavy atom. The van der Waals surface area contributed by atoms with Gasteiger partial charge in [0.2, 0.25) is 13.4 Å². The third kappa shape index (κ3) is 5.93. The van der Waals surface area contributed by atoms with E-state index in [0.717, 1.165) is 87.2 Å². The van der Waals surface area contributed by atoms with Gasteiger partial charge in [-0.3, -0.25) is 19.9 Å². The van der Waals surface area contributed by atoms with E-state index in [4.69, 9.17) is 29.9 Å². The van der Waals surface area contributed by atoms with E-state index in [1.807, 2.05) is 132 Å². The van der Waals surface area contributed by atoms with Gasteiger partial charge in [-0.05, 0) is 10.9 Å². The van der Waals surface area contributed by atoms with Crippen LogP contribution in [0.3, 0.4) is 0 Å². The van der Waals surface area contributed by atoms with Crippen LogP contribution in [0.5, 0.6) is 0 Å². The molecule has 302 valence electrons. The van der Waals surface area contributed by atoms with Gasteiger partial charge in [0.15, 0.2) is 0 Å². The molecular weight excluding hydrogens is 1210 g/mol. The molecule has 0 amide bonds. The summed E-state index contributed by atoms with van der Waals surface area (Å²) >= 11 is 7.18. The van der Waals surface area contributed by atoms with Crippen LogP contribution in [-0.4, -0.2) is 61.6 Å². The Bertz CT molecular complexity index is 2910. The predicted octanol–water partition coefficient (Wildman–Crippen LogP) is 4.17. The Labute approximate surface area is 403 Å². The maximum absolute atomic E-state index is 5.21. The molecular formula is C44H26B2N10Pt2S4. The fraction of sp³-hybridized carbons (Fsp3) is 0.0909. The van der Waals surface area contributed by atoms with Crippen LogP contribution in [0.2, 0.25) is 0 Å². The molecule has 0 unspecified atom stereocenters. The molecule has 10 heterocycles. The van der Waals surface area contributed by atoms with Crippen molar-refractivity contribution >= 4 is 93.2 Å². The Morgan fingerprint density at radius 2 is 0.758 bits per heavy atom. The van der Waals surface area contributed by atoms with Gasteiger partial charge in [0.05, 0.1) is 23.3 Å². The molecule has 9 aromatic rings. The number of aryl methyl sites for hydroxylation is 4. The molecule has 3 aromatic carbocycles. The van der Waals surface area contributed by atoms with Gasteiger partial charge in [0.25, 0.3) is 0 Å². The summed E-state index contributed by atoms with van der Waals surface area (Å²) < 4.78 is 8.14. The normalized spacial score (nSPS) is 13.5. The third-order valence-electron chi connectivity index (χ3n) is 11.7.